The second kappa shape index (κ2) is 11.9. The van der Waals surface area contributed by atoms with Crippen molar-refractivity contribution in [3.8, 4) is 0 Å². The number of benzene rings is 2. The molecular formula is C24H24N4O6S. The molecule has 3 aromatic rings. The first-order valence-electron chi connectivity index (χ1n) is 10.6. The molecule has 3 amide bonds. The average molecular weight is 497 g/mol. The number of carbonyl (C=O) groups excluding carboxylic acids is 3. The topological polar surface area (TPSA) is 155 Å². The predicted octanol–water partition coefficient (Wildman–Crippen LogP) is 0.895. The molecule has 0 bridgehead atoms. The molecule has 0 atom stereocenters. The Bertz CT molecular complexity index is 1280. The fourth-order valence-electron chi connectivity index (χ4n) is 3.01. The van der Waals surface area contributed by atoms with Crippen molar-refractivity contribution in [2.24, 2.45) is 0 Å². The summed E-state index contributed by atoms with van der Waals surface area (Å²) in [5.74, 6) is -1.62. The molecule has 3 rings (SSSR count). The maximum atomic E-state index is 12.6. The van der Waals surface area contributed by atoms with Crippen LogP contribution >= 0.6 is 0 Å². The van der Waals surface area contributed by atoms with Crippen LogP contribution in [0.15, 0.2) is 77.8 Å². The van der Waals surface area contributed by atoms with Crippen LogP contribution < -0.4 is 15.4 Å². The largest absolute Gasteiger partial charge is 0.395 e. The van der Waals surface area contributed by atoms with Crippen molar-refractivity contribution in [2.75, 3.05) is 19.7 Å². The summed E-state index contributed by atoms with van der Waals surface area (Å²) in [6.45, 7) is 0.204. The van der Waals surface area contributed by atoms with Gasteiger partial charge < -0.3 is 15.7 Å². The molecule has 0 spiro atoms. The molecule has 4 N–H and O–H groups in total. The lowest BCUT2D eigenvalue weighted by atomic mass is 10.1. The first-order chi connectivity index (χ1) is 16.8. The van der Waals surface area contributed by atoms with Crippen molar-refractivity contribution in [2.45, 2.75) is 11.3 Å². The SMILES string of the molecule is O=C(NCCc1ccc(S(=O)(=O)NC(=O)c2ccc(C(=O)NCCO)nc2)cc1)c1ccccc1. The van der Waals surface area contributed by atoms with Crippen LogP contribution in [0, 0.1) is 0 Å². The Hall–Kier alpha value is -4.09. The van der Waals surface area contributed by atoms with Gasteiger partial charge in [-0.2, -0.15) is 0 Å². The molecule has 182 valence electrons. The van der Waals surface area contributed by atoms with E-state index < -0.39 is 21.8 Å². The molecule has 0 fully saturated rings. The molecule has 35 heavy (non-hydrogen) atoms. The summed E-state index contributed by atoms with van der Waals surface area (Å²) in [6.07, 6.45) is 1.58. The fourth-order valence-corrected chi connectivity index (χ4v) is 3.98. The first kappa shape index (κ1) is 25.5. The highest BCUT2D eigenvalue weighted by Gasteiger charge is 2.19. The van der Waals surface area contributed by atoms with Crippen molar-refractivity contribution in [1.29, 1.82) is 0 Å². The van der Waals surface area contributed by atoms with Crippen molar-refractivity contribution in [3.05, 3.63) is 95.3 Å². The van der Waals surface area contributed by atoms with E-state index in [-0.39, 0.29) is 35.2 Å². The number of nitrogens with zero attached hydrogens (tertiary/aromatic N) is 1. The van der Waals surface area contributed by atoms with Gasteiger partial charge in [0.2, 0.25) is 0 Å². The van der Waals surface area contributed by atoms with Gasteiger partial charge in [0.25, 0.3) is 27.7 Å². The van der Waals surface area contributed by atoms with E-state index in [4.69, 9.17) is 5.11 Å². The number of hydrogen-bond donors (Lipinski definition) is 4. The Morgan fingerprint density at radius 2 is 1.46 bits per heavy atom. The second-order valence-electron chi connectivity index (χ2n) is 7.36. The zero-order valence-corrected chi connectivity index (χ0v) is 19.4. The van der Waals surface area contributed by atoms with Crippen molar-refractivity contribution in [3.63, 3.8) is 0 Å². The zero-order chi connectivity index (χ0) is 25.3. The van der Waals surface area contributed by atoms with Crippen LogP contribution in [-0.4, -0.2) is 55.9 Å². The predicted molar refractivity (Wildman–Crippen MR) is 127 cm³/mol. The standard InChI is InChI=1S/C24H24N4O6S/c29-15-14-26-24(32)21-11-8-19(16-27-21)23(31)28-35(33,34)20-9-6-17(7-10-20)12-13-25-22(30)18-4-2-1-3-5-18/h1-11,16,29H,12-15H2,(H,25,30)(H,26,32)(H,28,31). The van der Waals surface area contributed by atoms with Crippen molar-refractivity contribution in [1.82, 2.24) is 20.3 Å². The maximum Gasteiger partial charge on any atom is 0.269 e. The molecule has 0 aliphatic rings. The minimum Gasteiger partial charge on any atom is -0.395 e. The average Bonchev–Trinajstić information content (AvgIpc) is 2.88. The Kier molecular flexibility index (Phi) is 8.65. The van der Waals surface area contributed by atoms with Crippen LogP contribution in [0.4, 0.5) is 0 Å². The van der Waals surface area contributed by atoms with Gasteiger partial charge in [0.1, 0.15) is 5.69 Å². The molecule has 0 saturated heterocycles. The summed E-state index contributed by atoms with van der Waals surface area (Å²) in [7, 11) is -4.14. The van der Waals surface area contributed by atoms with Gasteiger partial charge in [0, 0.05) is 24.8 Å². The summed E-state index contributed by atoms with van der Waals surface area (Å²) in [6, 6.07) is 17.3. The van der Waals surface area contributed by atoms with Crippen LogP contribution in [0.5, 0.6) is 0 Å². The number of aliphatic hydroxyl groups is 1. The van der Waals surface area contributed by atoms with Gasteiger partial charge in [-0.25, -0.2) is 13.1 Å². The lowest BCUT2D eigenvalue weighted by Gasteiger charge is -2.09. The highest BCUT2D eigenvalue weighted by atomic mass is 32.2. The van der Waals surface area contributed by atoms with Gasteiger partial charge in [-0.15, -0.1) is 0 Å². The summed E-state index contributed by atoms with van der Waals surface area (Å²) in [4.78, 5) is 40.0. The fraction of sp³-hybridized carbons (Fsp3) is 0.167. The van der Waals surface area contributed by atoms with Gasteiger partial charge in [-0.1, -0.05) is 30.3 Å². The summed E-state index contributed by atoms with van der Waals surface area (Å²) < 4.78 is 27.1. The number of hydrogen-bond acceptors (Lipinski definition) is 7. The third kappa shape index (κ3) is 7.19. The van der Waals surface area contributed by atoms with Crippen molar-refractivity contribution >= 4 is 27.7 Å². The minimum absolute atomic E-state index is 0.0217. The number of sulfonamides is 1. The third-order valence-corrected chi connectivity index (χ3v) is 6.20. The van der Waals surface area contributed by atoms with Crippen LogP contribution in [0.3, 0.4) is 0 Å². The molecule has 11 heteroatoms. The Labute approximate surface area is 202 Å². The summed E-state index contributed by atoms with van der Waals surface area (Å²) in [5, 5.41) is 14.0. The van der Waals surface area contributed by atoms with Crippen LogP contribution in [0.2, 0.25) is 0 Å². The van der Waals surface area contributed by atoms with Gasteiger partial charge in [0.15, 0.2) is 0 Å². The number of aliphatic hydroxyl groups excluding tert-OH is 1. The smallest absolute Gasteiger partial charge is 0.269 e. The number of carbonyl (C=O) groups is 3. The molecule has 0 aliphatic carbocycles. The van der Waals surface area contributed by atoms with Gasteiger partial charge >= 0.3 is 0 Å². The highest BCUT2D eigenvalue weighted by molar-refractivity contribution is 7.90. The number of aromatic nitrogens is 1. The monoisotopic (exact) mass is 496 g/mol. The lowest BCUT2D eigenvalue weighted by Crippen LogP contribution is -2.31. The Morgan fingerprint density at radius 1 is 0.771 bits per heavy atom. The number of rotatable bonds is 10. The van der Waals surface area contributed by atoms with E-state index >= 15 is 0 Å². The normalized spacial score (nSPS) is 10.9. The lowest BCUT2D eigenvalue weighted by molar-refractivity contribution is 0.0934. The Balaban J connectivity index is 1.55. The van der Waals surface area contributed by atoms with E-state index in [2.05, 4.69) is 15.6 Å². The Morgan fingerprint density at radius 3 is 2.09 bits per heavy atom. The summed E-state index contributed by atoms with van der Waals surface area (Å²) >= 11 is 0. The zero-order valence-electron chi connectivity index (χ0n) is 18.6. The van der Waals surface area contributed by atoms with Crippen LogP contribution in [-0.2, 0) is 16.4 Å². The van der Waals surface area contributed by atoms with Crippen LogP contribution in [0.25, 0.3) is 0 Å². The maximum absolute atomic E-state index is 12.6. The minimum atomic E-state index is -4.14. The number of amides is 3. The highest BCUT2D eigenvalue weighted by Crippen LogP contribution is 2.12. The number of nitrogens with one attached hydrogen (secondary N) is 3. The molecule has 2 aromatic carbocycles. The van der Waals surface area contributed by atoms with Gasteiger partial charge in [-0.05, 0) is 48.4 Å². The molecule has 0 aliphatic heterocycles. The number of pyridine rings is 1. The van der Waals surface area contributed by atoms with E-state index in [1.807, 2.05) is 10.8 Å². The quantitative estimate of drug-likeness (QED) is 0.325. The van der Waals surface area contributed by atoms with E-state index in [1.54, 1.807) is 36.4 Å². The van der Waals surface area contributed by atoms with Crippen LogP contribution in [0.1, 0.15) is 36.8 Å². The molecule has 1 aromatic heterocycles. The molecular weight excluding hydrogens is 472 g/mol. The molecule has 10 nitrogen and oxygen atoms in total. The molecule has 0 radical (unpaired) electrons. The van der Waals surface area contributed by atoms with E-state index in [1.165, 1.54) is 24.3 Å². The third-order valence-electron chi connectivity index (χ3n) is 4.85. The van der Waals surface area contributed by atoms with E-state index in [0.717, 1.165) is 11.8 Å². The summed E-state index contributed by atoms with van der Waals surface area (Å²) in [5.41, 5.74) is 1.34. The van der Waals surface area contributed by atoms with Gasteiger partial charge in [-0.3, -0.25) is 19.4 Å². The van der Waals surface area contributed by atoms with Gasteiger partial charge in [0.05, 0.1) is 17.1 Å². The van der Waals surface area contributed by atoms with E-state index in [9.17, 15) is 22.8 Å². The van der Waals surface area contributed by atoms with E-state index in [0.29, 0.717) is 18.5 Å². The van der Waals surface area contributed by atoms with Crippen molar-refractivity contribution < 1.29 is 27.9 Å². The molecule has 1 heterocycles. The first-order valence-corrected chi connectivity index (χ1v) is 12.1. The molecule has 0 unspecified atom stereocenters. The molecule has 0 saturated carbocycles. The second-order valence-corrected chi connectivity index (χ2v) is 9.04.